The normalized spacial score (nSPS) is 15.9. The van der Waals surface area contributed by atoms with Gasteiger partial charge in [-0.15, -0.1) is 0 Å². The SMILES string of the molecule is O=C1CCC(c2nc(-c3ccc(OCc4ccccc4)cc3)no2)N1Cc1cccc(C(F)(F)F)c1. The van der Waals surface area contributed by atoms with Crippen molar-refractivity contribution in [1.82, 2.24) is 15.0 Å². The van der Waals surface area contributed by atoms with Crippen LogP contribution in [0.15, 0.2) is 83.4 Å². The van der Waals surface area contributed by atoms with Gasteiger partial charge in [0.15, 0.2) is 0 Å². The predicted molar refractivity (Wildman–Crippen MR) is 124 cm³/mol. The van der Waals surface area contributed by atoms with Crippen LogP contribution in [0.5, 0.6) is 5.75 Å². The van der Waals surface area contributed by atoms with Crippen molar-refractivity contribution < 1.29 is 27.2 Å². The number of ether oxygens (including phenoxy) is 1. The van der Waals surface area contributed by atoms with Crippen LogP contribution in [0.25, 0.3) is 11.4 Å². The van der Waals surface area contributed by atoms with Gasteiger partial charge in [0.2, 0.25) is 17.6 Å². The summed E-state index contributed by atoms with van der Waals surface area (Å²) in [6, 6.07) is 21.6. The molecule has 0 spiro atoms. The smallest absolute Gasteiger partial charge is 0.416 e. The number of nitrogens with zero attached hydrogens (tertiary/aromatic N) is 3. The number of hydrogen-bond donors (Lipinski definition) is 0. The molecule has 2 heterocycles. The molecule has 0 N–H and O–H groups in total. The molecule has 1 aliphatic heterocycles. The van der Waals surface area contributed by atoms with Crippen LogP contribution in [0.3, 0.4) is 0 Å². The number of alkyl halides is 3. The number of amides is 1. The van der Waals surface area contributed by atoms with Crippen LogP contribution < -0.4 is 4.74 Å². The molecule has 4 aromatic rings. The molecule has 1 aromatic heterocycles. The average molecular weight is 493 g/mol. The summed E-state index contributed by atoms with van der Waals surface area (Å²) >= 11 is 0. The summed E-state index contributed by atoms with van der Waals surface area (Å²) < 4.78 is 50.5. The monoisotopic (exact) mass is 493 g/mol. The average Bonchev–Trinajstić information content (AvgIpc) is 3.51. The van der Waals surface area contributed by atoms with Crippen molar-refractivity contribution in [3.63, 3.8) is 0 Å². The molecule has 1 saturated heterocycles. The van der Waals surface area contributed by atoms with Crippen LogP contribution in [0, 0.1) is 0 Å². The fraction of sp³-hybridized carbons (Fsp3) is 0.222. The molecular weight excluding hydrogens is 471 g/mol. The Morgan fingerprint density at radius 3 is 2.47 bits per heavy atom. The fourth-order valence-corrected chi connectivity index (χ4v) is 4.16. The Bertz CT molecular complexity index is 1340. The highest BCUT2D eigenvalue weighted by molar-refractivity contribution is 5.78. The molecular formula is C27H22F3N3O3. The van der Waals surface area contributed by atoms with E-state index in [4.69, 9.17) is 9.26 Å². The Balaban J connectivity index is 1.28. The lowest BCUT2D eigenvalue weighted by Gasteiger charge is -2.22. The molecule has 9 heteroatoms. The van der Waals surface area contributed by atoms with Crippen molar-refractivity contribution in [3.05, 3.63) is 101 Å². The summed E-state index contributed by atoms with van der Waals surface area (Å²) in [4.78, 5) is 18.5. The second-order valence-corrected chi connectivity index (χ2v) is 8.53. The lowest BCUT2D eigenvalue weighted by atomic mass is 10.1. The van der Waals surface area contributed by atoms with Crippen LogP contribution in [-0.4, -0.2) is 20.9 Å². The van der Waals surface area contributed by atoms with Crippen LogP contribution in [0.4, 0.5) is 13.2 Å². The highest BCUT2D eigenvalue weighted by Gasteiger charge is 2.36. The fourth-order valence-electron chi connectivity index (χ4n) is 4.16. The molecule has 184 valence electrons. The van der Waals surface area contributed by atoms with Crippen LogP contribution >= 0.6 is 0 Å². The zero-order chi connectivity index (χ0) is 25.1. The predicted octanol–water partition coefficient (Wildman–Crippen LogP) is 6.20. The Morgan fingerprint density at radius 2 is 1.72 bits per heavy atom. The van der Waals surface area contributed by atoms with Gasteiger partial charge in [-0.25, -0.2) is 0 Å². The molecule has 1 aliphatic rings. The van der Waals surface area contributed by atoms with Gasteiger partial charge in [-0.05, 0) is 53.9 Å². The summed E-state index contributed by atoms with van der Waals surface area (Å²) in [7, 11) is 0. The van der Waals surface area contributed by atoms with E-state index in [-0.39, 0.29) is 24.8 Å². The number of rotatable bonds is 7. The highest BCUT2D eigenvalue weighted by Crippen LogP contribution is 2.35. The van der Waals surface area contributed by atoms with Crippen LogP contribution in [-0.2, 0) is 24.1 Å². The van der Waals surface area contributed by atoms with Crippen LogP contribution in [0.1, 0.15) is 41.5 Å². The summed E-state index contributed by atoms with van der Waals surface area (Å²) in [6.45, 7) is 0.475. The van der Waals surface area contributed by atoms with Gasteiger partial charge in [-0.1, -0.05) is 47.6 Å². The van der Waals surface area contributed by atoms with Gasteiger partial charge in [0.1, 0.15) is 18.4 Å². The number of likely N-dealkylation sites (tertiary alicyclic amines) is 1. The first kappa shape index (κ1) is 23.6. The molecule has 0 radical (unpaired) electrons. The van der Waals surface area contributed by atoms with Gasteiger partial charge >= 0.3 is 6.18 Å². The standard InChI is InChI=1S/C27H22F3N3O3/c28-27(29,30)21-8-4-7-19(15-21)16-33-23(13-14-24(33)34)26-31-25(32-36-26)20-9-11-22(12-10-20)35-17-18-5-2-1-3-6-18/h1-12,15,23H,13-14,16-17H2. The van der Waals surface area contributed by atoms with Crippen molar-refractivity contribution in [1.29, 1.82) is 0 Å². The minimum Gasteiger partial charge on any atom is -0.489 e. The minimum atomic E-state index is -4.45. The van der Waals surface area contributed by atoms with Crippen molar-refractivity contribution in [2.24, 2.45) is 0 Å². The van der Waals surface area contributed by atoms with E-state index in [0.717, 1.165) is 17.7 Å². The van der Waals surface area contributed by atoms with Gasteiger partial charge in [0.25, 0.3) is 0 Å². The lowest BCUT2D eigenvalue weighted by Crippen LogP contribution is -2.27. The number of aromatic nitrogens is 2. The van der Waals surface area contributed by atoms with Gasteiger partial charge in [-0.2, -0.15) is 18.2 Å². The Morgan fingerprint density at radius 1 is 0.972 bits per heavy atom. The van der Waals surface area contributed by atoms with Gasteiger partial charge < -0.3 is 14.2 Å². The maximum Gasteiger partial charge on any atom is 0.416 e. The third-order valence-electron chi connectivity index (χ3n) is 6.02. The Kier molecular flexibility index (Phi) is 6.45. The molecule has 36 heavy (non-hydrogen) atoms. The second kappa shape index (κ2) is 9.85. The van der Waals surface area contributed by atoms with Crippen molar-refractivity contribution in [2.45, 2.75) is 38.2 Å². The van der Waals surface area contributed by atoms with Crippen molar-refractivity contribution in [2.75, 3.05) is 0 Å². The molecule has 6 nitrogen and oxygen atoms in total. The Labute approximate surface area is 205 Å². The maximum absolute atomic E-state index is 13.1. The molecule has 0 bridgehead atoms. The molecule has 1 unspecified atom stereocenters. The number of carbonyl (C=O) groups excluding carboxylic acids is 1. The van der Waals surface area contributed by atoms with Gasteiger partial charge in [-0.3, -0.25) is 4.79 Å². The maximum atomic E-state index is 13.1. The van der Waals surface area contributed by atoms with E-state index in [1.165, 1.54) is 11.0 Å². The highest BCUT2D eigenvalue weighted by atomic mass is 19.4. The third kappa shape index (κ3) is 5.25. The Hall–Kier alpha value is -4.14. The van der Waals surface area contributed by atoms with Crippen molar-refractivity contribution >= 4 is 5.91 Å². The van der Waals surface area contributed by atoms with Crippen molar-refractivity contribution in [3.8, 4) is 17.1 Å². The summed E-state index contributed by atoms with van der Waals surface area (Å²) in [5.41, 5.74) is 1.41. The number of halogens is 3. The molecule has 0 aliphatic carbocycles. The molecule has 0 saturated carbocycles. The van der Waals surface area contributed by atoms with E-state index >= 15 is 0 Å². The topological polar surface area (TPSA) is 68.5 Å². The minimum absolute atomic E-state index is 0.0264. The number of hydrogen-bond acceptors (Lipinski definition) is 5. The zero-order valence-corrected chi connectivity index (χ0v) is 19.1. The summed E-state index contributed by atoms with van der Waals surface area (Å²) in [6.07, 6.45) is -3.74. The summed E-state index contributed by atoms with van der Waals surface area (Å²) in [5.74, 6) is 1.14. The van der Waals surface area contributed by atoms with E-state index < -0.39 is 17.8 Å². The van der Waals surface area contributed by atoms with E-state index in [1.807, 2.05) is 54.6 Å². The van der Waals surface area contributed by atoms with Gasteiger partial charge in [0, 0.05) is 18.5 Å². The summed E-state index contributed by atoms with van der Waals surface area (Å²) in [5, 5.41) is 4.05. The zero-order valence-electron chi connectivity index (χ0n) is 19.1. The first-order valence-electron chi connectivity index (χ1n) is 11.4. The van der Waals surface area contributed by atoms with Crippen LogP contribution in [0.2, 0.25) is 0 Å². The molecule has 1 amide bonds. The molecule has 5 rings (SSSR count). The van der Waals surface area contributed by atoms with E-state index in [1.54, 1.807) is 6.07 Å². The molecule has 1 atom stereocenters. The first-order valence-corrected chi connectivity index (χ1v) is 11.4. The van der Waals surface area contributed by atoms with E-state index in [0.29, 0.717) is 35.7 Å². The molecule has 3 aromatic carbocycles. The third-order valence-corrected chi connectivity index (χ3v) is 6.02. The van der Waals surface area contributed by atoms with E-state index in [2.05, 4.69) is 10.1 Å². The molecule has 1 fully saturated rings. The van der Waals surface area contributed by atoms with E-state index in [9.17, 15) is 18.0 Å². The number of carbonyl (C=O) groups is 1. The lowest BCUT2D eigenvalue weighted by molar-refractivity contribution is -0.137. The quantitative estimate of drug-likeness (QED) is 0.307. The largest absolute Gasteiger partial charge is 0.489 e. The van der Waals surface area contributed by atoms with Gasteiger partial charge in [0.05, 0.1) is 5.56 Å². The number of benzene rings is 3. The second-order valence-electron chi connectivity index (χ2n) is 8.53. The first-order chi connectivity index (χ1) is 17.4.